The van der Waals surface area contributed by atoms with E-state index < -0.39 is 0 Å². The van der Waals surface area contributed by atoms with Crippen LogP contribution in [0.3, 0.4) is 0 Å². The van der Waals surface area contributed by atoms with E-state index in [1.165, 1.54) is 4.88 Å². The summed E-state index contributed by atoms with van der Waals surface area (Å²) >= 11 is 1.55. The number of carbonyl (C=O) groups is 1. The van der Waals surface area contributed by atoms with Crippen molar-refractivity contribution in [2.75, 3.05) is 39.4 Å². The molecule has 3 heterocycles. The van der Waals surface area contributed by atoms with Crippen molar-refractivity contribution in [2.24, 2.45) is 0 Å². The van der Waals surface area contributed by atoms with Gasteiger partial charge in [-0.2, -0.15) is 0 Å². The number of hydrogen-bond donors (Lipinski definition) is 2. The van der Waals surface area contributed by atoms with E-state index in [4.69, 9.17) is 4.74 Å². The molecular formula is C16H20N4O3S. The number of carbonyl (C=O) groups excluding carboxylic acids is 1. The Morgan fingerprint density at radius 3 is 3.00 bits per heavy atom. The van der Waals surface area contributed by atoms with Crippen molar-refractivity contribution in [3.8, 4) is 0 Å². The molecule has 4 rings (SSSR count). The molecule has 7 nitrogen and oxygen atoms in total. The molecule has 0 atom stereocenters. The van der Waals surface area contributed by atoms with Crippen molar-refractivity contribution < 1.29 is 9.53 Å². The molecule has 1 saturated heterocycles. The van der Waals surface area contributed by atoms with Crippen molar-refractivity contribution in [3.05, 3.63) is 26.6 Å². The van der Waals surface area contributed by atoms with Crippen LogP contribution < -0.4 is 10.9 Å². The Labute approximate surface area is 143 Å². The molecule has 2 aromatic heterocycles. The summed E-state index contributed by atoms with van der Waals surface area (Å²) < 4.78 is 5.30. The third-order valence-corrected chi connectivity index (χ3v) is 5.79. The maximum absolute atomic E-state index is 12.4. The molecule has 1 fully saturated rings. The van der Waals surface area contributed by atoms with Crippen molar-refractivity contribution >= 4 is 27.5 Å². The van der Waals surface area contributed by atoms with Crippen LogP contribution in [0, 0.1) is 0 Å². The standard InChI is InChI=1S/C16H20N4O3S/c21-14-12-10-2-1-3-11(10)24-16(12)19-13(18-14)15(22)17-4-5-20-6-8-23-9-7-20/h1-9H2,(H,17,22)(H,18,19,21). The quantitative estimate of drug-likeness (QED) is 0.842. The third kappa shape index (κ3) is 2.97. The highest BCUT2D eigenvalue weighted by atomic mass is 32.1. The molecule has 128 valence electrons. The van der Waals surface area contributed by atoms with Crippen LogP contribution in [-0.4, -0.2) is 60.2 Å². The molecule has 0 saturated carbocycles. The van der Waals surface area contributed by atoms with Gasteiger partial charge in [-0.3, -0.25) is 14.5 Å². The Kier molecular flexibility index (Phi) is 4.34. The van der Waals surface area contributed by atoms with E-state index in [2.05, 4.69) is 20.2 Å². The minimum atomic E-state index is -0.323. The largest absolute Gasteiger partial charge is 0.379 e. The maximum Gasteiger partial charge on any atom is 0.287 e. The summed E-state index contributed by atoms with van der Waals surface area (Å²) in [7, 11) is 0. The second kappa shape index (κ2) is 6.62. The monoisotopic (exact) mass is 348 g/mol. The Hall–Kier alpha value is -1.77. The van der Waals surface area contributed by atoms with Gasteiger partial charge in [-0.15, -0.1) is 11.3 Å². The number of rotatable bonds is 4. The number of amides is 1. The van der Waals surface area contributed by atoms with Crippen LogP contribution in [0.2, 0.25) is 0 Å². The smallest absolute Gasteiger partial charge is 0.287 e. The molecule has 2 aromatic rings. The molecule has 1 aliphatic heterocycles. The lowest BCUT2D eigenvalue weighted by Gasteiger charge is -2.26. The third-order valence-electron chi connectivity index (χ3n) is 4.61. The van der Waals surface area contributed by atoms with Crippen LogP contribution in [0.4, 0.5) is 0 Å². The van der Waals surface area contributed by atoms with Gasteiger partial charge in [0.1, 0.15) is 4.83 Å². The van der Waals surface area contributed by atoms with E-state index >= 15 is 0 Å². The van der Waals surface area contributed by atoms with Crippen LogP contribution in [0.5, 0.6) is 0 Å². The molecule has 0 spiro atoms. The normalized spacial score (nSPS) is 18.0. The predicted molar refractivity (Wildman–Crippen MR) is 91.9 cm³/mol. The Balaban J connectivity index is 1.45. The SMILES string of the molecule is O=C(NCCN1CCOCC1)c1nc2sc3c(c2c(=O)[nH]1)CCC3. The molecule has 2 aliphatic rings. The maximum atomic E-state index is 12.4. The van der Waals surface area contributed by atoms with E-state index in [9.17, 15) is 9.59 Å². The second-order valence-corrected chi connectivity index (χ2v) is 7.25. The molecule has 0 aromatic carbocycles. The minimum Gasteiger partial charge on any atom is -0.379 e. The van der Waals surface area contributed by atoms with Crippen molar-refractivity contribution in [1.82, 2.24) is 20.2 Å². The molecule has 24 heavy (non-hydrogen) atoms. The van der Waals surface area contributed by atoms with Gasteiger partial charge in [-0.1, -0.05) is 0 Å². The summed E-state index contributed by atoms with van der Waals surface area (Å²) in [6.45, 7) is 4.55. The van der Waals surface area contributed by atoms with Gasteiger partial charge >= 0.3 is 0 Å². The summed E-state index contributed by atoms with van der Waals surface area (Å²) in [6.07, 6.45) is 3.04. The van der Waals surface area contributed by atoms with Gasteiger partial charge in [0.15, 0.2) is 0 Å². The molecule has 8 heteroatoms. The van der Waals surface area contributed by atoms with Gasteiger partial charge in [0.25, 0.3) is 11.5 Å². The lowest BCUT2D eigenvalue weighted by Crippen LogP contribution is -2.41. The lowest BCUT2D eigenvalue weighted by molar-refractivity contribution is 0.0383. The first-order valence-corrected chi connectivity index (χ1v) is 9.17. The van der Waals surface area contributed by atoms with Crippen LogP contribution >= 0.6 is 11.3 Å². The highest BCUT2D eigenvalue weighted by Gasteiger charge is 2.22. The topological polar surface area (TPSA) is 87.3 Å². The van der Waals surface area contributed by atoms with Gasteiger partial charge < -0.3 is 15.0 Å². The molecule has 1 amide bonds. The highest BCUT2D eigenvalue weighted by molar-refractivity contribution is 7.18. The second-order valence-electron chi connectivity index (χ2n) is 6.16. The number of nitrogens with one attached hydrogen (secondary N) is 2. The number of aromatic amines is 1. The number of thiophene rings is 1. The van der Waals surface area contributed by atoms with Crippen LogP contribution in [0.25, 0.3) is 10.2 Å². The zero-order chi connectivity index (χ0) is 16.5. The summed E-state index contributed by atoms with van der Waals surface area (Å²) in [4.78, 5) is 35.8. The van der Waals surface area contributed by atoms with Crippen LogP contribution in [0.15, 0.2) is 4.79 Å². The Bertz CT molecular complexity index is 823. The number of aryl methyl sites for hydroxylation is 2. The molecule has 0 radical (unpaired) electrons. The van der Waals surface area contributed by atoms with Gasteiger partial charge in [-0.05, 0) is 24.8 Å². The summed E-state index contributed by atoms with van der Waals surface area (Å²) in [5.41, 5.74) is 0.931. The number of nitrogens with zero attached hydrogens (tertiary/aromatic N) is 2. The first-order valence-electron chi connectivity index (χ1n) is 8.35. The van der Waals surface area contributed by atoms with Gasteiger partial charge in [0.2, 0.25) is 5.82 Å². The van der Waals surface area contributed by atoms with E-state index in [-0.39, 0.29) is 17.3 Å². The van der Waals surface area contributed by atoms with Crippen LogP contribution in [-0.2, 0) is 17.6 Å². The Morgan fingerprint density at radius 2 is 2.17 bits per heavy atom. The molecule has 0 bridgehead atoms. The van der Waals surface area contributed by atoms with Crippen molar-refractivity contribution in [1.29, 1.82) is 0 Å². The van der Waals surface area contributed by atoms with Crippen molar-refractivity contribution in [3.63, 3.8) is 0 Å². The van der Waals surface area contributed by atoms with E-state index in [0.717, 1.165) is 57.7 Å². The van der Waals surface area contributed by atoms with Crippen molar-refractivity contribution in [2.45, 2.75) is 19.3 Å². The average Bonchev–Trinajstić information content (AvgIpc) is 3.16. The summed E-state index contributed by atoms with van der Waals surface area (Å²) in [5.74, 6) is -0.217. The number of ether oxygens (including phenoxy) is 1. The number of H-pyrrole nitrogens is 1. The fourth-order valence-corrected chi connectivity index (χ4v) is 4.61. The molecule has 0 unspecified atom stereocenters. The first-order chi connectivity index (χ1) is 11.7. The molecular weight excluding hydrogens is 328 g/mol. The van der Waals surface area contributed by atoms with Crippen LogP contribution in [0.1, 0.15) is 27.5 Å². The van der Waals surface area contributed by atoms with E-state index in [1.54, 1.807) is 11.3 Å². The lowest BCUT2D eigenvalue weighted by atomic mass is 10.2. The number of fused-ring (bicyclic) bond motifs is 3. The van der Waals surface area contributed by atoms with E-state index in [0.29, 0.717) is 16.8 Å². The van der Waals surface area contributed by atoms with E-state index in [1.807, 2.05) is 0 Å². The summed E-state index contributed by atoms with van der Waals surface area (Å²) in [5, 5.41) is 3.52. The first kappa shape index (κ1) is 15.7. The Morgan fingerprint density at radius 1 is 1.33 bits per heavy atom. The predicted octanol–water partition coefficient (Wildman–Crippen LogP) is 0.535. The molecule has 1 aliphatic carbocycles. The number of aromatic nitrogens is 2. The number of morpholine rings is 1. The van der Waals surface area contributed by atoms with Gasteiger partial charge in [0.05, 0.1) is 18.6 Å². The fraction of sp³-hybridized carbons (Fsp3) is 0.562. The fourth-order valence-electron chi connectivity index (χ4n) is 3.35. The number of hydrogen-bond acceptors (Lipinski definition) is 6. The zero-order valence-electron chi connectivity index (χ0n) is 13.4. The average molecular weight is 348 g/mol. The minimum absolute atomic E-state index is 0.106. The molecule has 2 N–H and O–H groups in total. The zero-order valence-corrected chi connectivity index (χ0v) is 14.2. The van der Waals surface area contributed by atoms with Gasteiger partial charge in [0, 0.05) is 31.1 Å². The summed E-state index contributed by atoms with van der Waals surface area (Å²) in [6, 6.07) is 0. The van der Waals surface area contributed by atoms with Gasteiger partial charge in [-0.25, -0.2) is 4.98 Å². The highest BCUT2D eigenvalue weighted by Crippen LogP contribution is 2.34.